The van der Waals surface area contributed by atoms with Crippen LogP contribution in [0.1, 0.15) is 72.2 Å². The molecule has 0 fully saturated rings. The van der Waals surface area contributed by atoms with E-state index >= 15 is 0 Å². The van der Waals surface area contributed by atoms with Crippen molar-refractivity contribution in [2.75, 3.05) is 4.90 Å². The molecule has 0 saturated heterocycles. The Balaban J connectivity index is 1.14. The molecule has 0 atom stereocenters. The van der Waals surface area contributed by atoms with E-state index in [9.17, 15) is 0 Å². The summed E-state index contributed by atoms with van der Waals surface area (Å²) >= 11 is 1.93. The van der Waals surface area contributed by atoms with Gasteiger partial charge in [-0.25, -0.2) is 0 Å². The Morgan fingerprint density at radius 1 is 0.344 bits per heavy atom. The summed E-state index contributed by atoms with van der Waals surface area (Å²) in [6.45, 7) is 9.57. The predicted molar refractivity (Wildman–Crippen MR) is 255 cm³/mol. The molecular weight excluding hydrogens is 755 g/mol. The van der Waals surface area contributed by atoms with Crippen molar-refractivity contribution in [3.8, 4) is 33.4 Å². The minimum Gasteiger partial charge on any atom is -0.310 e. The second-order valence-corrected chi connectivity index (χ2v) is 19.5. The van der Waals surface area contributed by atoms with Gasteiger partial charge in [0.2, 0.25) is 0 Å². The Bertz CT molecular complexity index is 3210. The molecule has 0 unspecified atom stereocenters. The summed E-state index contributed by atoms with van der Waals surface area (Å²) in [4.78, 5) is 5.21. The molecule has 2 heteroatoms. The lowest BCUT2D eigenvalue weighted by atomic mass is 9.66. The van der Waals surface area contributed by atoms with Gasteiger partial charge >= 0.3 is 0 Å². The first-order chi connectivity index (χ1) is 29.8. The first kappa shape index (κ1) is 35.2. The molecule has 0 saturated carbocycles. The molecule has 1 aliphatic heterocycles. The summed E-state index contributed by atoms with van der Waals surface area (Å²) < 4.78 is 0. The van der Waals surface area contributed by atoms with E-state index in [4.69, 9.17) is 0 Å². The summed E-state index contributed by atoms with van der Waals surface area (Å²) in [6, 6.07) is 71.8. The molecule has 0 bridgehead atoms. The van der Waals surface area contributed by atoms with Gasteiger partial charge in [-0.1, -0.05) is 179 Å². The maximum atomic E-state index is 2.61. The second kappa shape index (κ2) is 12.2. The highest BCUT2D eigenvalue weighted by molar-refractivity contribution is 7.99. The normalized spacial score (nSPS) is 15.9. The third-order valence-electron chi connectivity index (χ3n) is 14.7. The lowest BCUT2D eigenvalue weighted by Gasteiger charge is -2.43. The zero-order valence-corrected chi connectivity index (χ0v) is 35.6. The van der Waals surface area contributed by atoms with Crippen molar-refractivity contribution in [3.63, 3.8) is 0 Å². The van der Waals surface area contributed by atoms with Crippen LogP contribution in [0.2, 0.25) is 0 Å². The van der Waals surface area contributed by atoms with Crippen LogP contribution >= 0.6 is 11.8 Å². The quantitative estimate of drug-likeness (QED) is 0.175. The third-order valence-corrected chi connectivity index (χ3v) is 15.8. The van der Waals surface area contributed by atoms with E-state index in [2.05, 4.69) is 221 Å². The van der Waals surface area contributed by atoms with Gasteiger partial charge in [0.1, 0.15) is 0 Å². The van der Waals surface area contributed by atoms with Crippen molar-refractivity contribution in [1.29, 1.82) is 0 Å². The fourth-order valence-electron chi connectivity index (χ4n) is 11.9. The molecule has 9 aromatic rings. The second-order valence-electron chi connectivity index (χ2n) is 18.4. The largest absolute Gasteiger partial charge is 0.310 e. The molecule has 3 aliphatic carbocycles. The number of fused-ring (bicyclic) bond motifs is 16. The Morgan fingerprint density at radius 3 is 1.33 bits per heavy atom. The van der Waals surface area contributed by atoms with Crippen LogP contribution in [0.15, 0.2) is 198 Å². The van der Waals surface area contributed by atoms with Crippen LogP contribution in [0.3, 0.4) is 0 Å². The maximum Gasteiger partial charge on any atom is 0.0756 e. The fraction of sp³-hybridized carbons (Fsp3) is 0.119. The highest BCUT2D eigenvalue weighted by Gasteiger charge is 2.52. The standard InChI is InChI=1S/C59H43NS/c1-57(2)46-22-11-7-18-40(46)44-30-28-38(34-50(44)57)60(39-29-31-45-41-19-8-12-23-47(41)58(3,4)51(45)35-39)53-26-15-27-54-56(53)59(52-32-36-16-5-6-17-37(36)33-55(52)61-54)48-24-13-9-20-42(48)43-21-10-14-25-49(43)59/h5-35H,1-4H3. The summed E-state index contributed by atoms with van der Waals surface area (Å²) in [5.41, 5.74) is 21.5. The molecule has 4 aliphatic rings. The van der Waals surface area contributed by atoms with Gasteiger partial charge in [-0.15, -0.1) is 0 Å². The SMILES string of the molecule is CC1(C)c2ccccc2-c2ccc(N(c3ccc4c(c3)C(C)(C)c3ccccc3-4)c3cccc4c3C3(c5cc6ccccc6cc5S4)c4ccccc4-c4ccccc43)cc21. The van der Waals surface area contributed by atoms with Crippen LogP contribution in [0.4, 0.5) is 17.1 Å². The summed E-state index contributed by atoms with van der Waals surface area (Å²) in [6.07, 6.45) is 0. The smallest absolute Gasteiger partial charge is 0.0756 e. The molecule has 0 radical (unpaired) electrons. The molecular formula is C59H43NS. The van der Waals surface area contributed by atoms with E-state index in [1.807, 2.05) is 11.8 Å². The number of benzene rings is 9. The Hall–Kier alpha value is -6.61. The van der Waals surface area contributed by atoms with Crippen LogP contribution < -0.4 is 4.90 Å². The van der Waals surface area contributed by atoms with Crippen molar-refractivity contribution in [2.45, 2.75) is 53.7 Å². The molecule has 1 nitrogen and oxygen atoms in total. The molecule has 1 heterocycles. The van der Waals surface area contributed by atoms with Gasteiger partial charge in [0, 0.05) is 37.6 Å². The minimum atomic E-state index is -0.569. The van der Waals surface area contributed by atoms with Gasteiger partial charge in [0.05, 0.1) is 11.1 Å². The minimum absolute atomic E-state index is 0.147. The maximum absolute atomic E-state index is 2.61. The average molecular weight is 798 g/mol. The Labute approximate surface area is 362 Å². The topological polar surface area (TPSA) is 3.24 Å². The van der Waals surface area contributed by atoms with Gasteiger partial charge in [0.15, 0.2) is 0 Å². The van der Waals surface area contributed by atoms with Crippen molar-refractivity contribution in [1.82, 2.24) is 0 Å². The third kappa shape index (κ3) is 4.53. The zero-order chi connectivity index (χ0) is 40.8. The summed E-state index contributed by atoms with van der Waals surface area (Å²) in [5.74, 6) is 0. The van der Waals surface area contributed by atoms with Gasteiger partial charge in [0.25, 0.3) is 0 Å². The first-order valence-corrected chi connectivity index (χ1v) is 22.4. The highest BCUT2D eigenvalue weighted by Crippen LogP contribution is 2.65. The van der Waals surface area contributed by atoms with E-state index in [-0.39, 0.29) is 10.8 Å². The van der Waals surface area contributed by atoms with Crippen LogP contribution in [-0.2, 0) is 16.2 Å². The lowest BCUT2D eigenvalue weighted by Crippen LogP contribution is -2.34. The molecule has 0 aromatic heterocycles. The summed E-state index contributed by atoms with van der Waals surface area (Å²) in [5, 5.41) is 2.54. The van der Waals surface area contributed by atoms with Crippen LogP contribution in [0.25, 0.3) is 44.2 Å². The molecule has 0 amide bonds. The predicted octanol–water partition coefficient (Wildman–Crippen LogP) is 15.7. The van der Waals surface area contributed by atoms with Crippen molar-refractivity contribution in [2.24, 2.45) is 0 Å². The van der Waals surface area contributed by atoms with E-state index in [0.29, 0.717) is 0 Å². The van der Waals surface area contributed by atoms with Crippen molar-refractivity contribution in [3.05, 3.63) is 233 Å². The average Bonchev–Trinajstić information content (AvgIpc) is 3.81. The molecule has 9 aromatic carbocycles. The lowest BCUT2D eigenvalue weighted by molar-refractivity contribution is 0.660. The fourth-order valence-corrected chi connectivity index (χ4v) is 13.2. The van der Waals surface area contributed by atoms with Gasteiger partial charge < -0.3 is 4.90 Å². The first-order valence-electron chi connectivity index (χ1n) is 21.6. The van der Waals surface area contributed by atoms with Crippen LogP contribution in [-0.4, -0.2) is 0 Å². The molecule has 0 N–H and O–H groups in total. The Kier molecular flexibility index (Phi) is 7.06. The monoisotopic (exact) mass is 797 g/mol. The van der Waals surface area contributed by atoms with E-state index in [1.165, 1.54) is 116 Å². The number of rotatable bonds is 3. The van der Waals surface area contributed by atoms with E-state index in [0.717, 1.165) is 0 Å². The summed E-state index contributed by atoms with van der Waals surface area (Å²) in [7, 11) is 0. The Morgan fingerprint density at radius 2 is 0.787 bits per heavy atom. The van der Waals surface area contributed by atoms with Gasteiger partial charge in [-0.3, -0.25) is 0 Å². The van der Waals surface area contributed by atoms with Gasteiger partial charge in [-0.2, -0.15) is 0 Å². The van der Waals surface area contributed by atoms with Crippen LogP contribution in [0, 0.1) is 0 Å². The zero-order valence-electron chi connectivity index (χ0n) is 34.8. The molecule has 13 rings (SSSR count). The number of hydrogen-bond acceptors (Lipinski definition) is 2. The molecule has 1 spiro atoms. The number of anilines is 3. The molecule has 290 valence electrons. The number of hydrogen-bond donors (Lipinski definition) is 0. The van der Waals surface area contributed by atoms with Gasteiger partial charge in [-0.05, 0) is 132 Å². The van der Waals surface area contributed by atoms with E-state index in [1.54, 1.807) is 0 Å². The van der Waals surface area contributed by atoms with Crippen molar-refractivity contribution >= 4 is 39.6 Å². The highest BCUT2D eigenvalue weighted by atomic mass is 32.2. The van der Waals surface area contributed by atoms with Crippen LogP contribution in [0.5, 0.6) is 0 Å². The van der Waals surface area contributed by atoms with E-state index < -0.39 is 5.41 Å². The number of nitrogens with zero attached hydrogens (tertiary/aromatic N) is 1. The van der Waals surface area contributed by atoms with Crippen molar-refractivity contribution < 1.29 is 0 Å². The molecule has 61 heavy (non-hydrogen) atoms.